The van der Waals surface area contributed by atoms with Crippen molar-refractivity contribution in [1.29, 1.82) is 0 Å². The third-order valence-electron chi connectivity index (χ3n) is 4.31. The number of H-pyrrole nitrogens is 1. The Balaban J connectivity index is 2.28. The van der Waals surface area contributed by atoms with Crippen LogP contribution in [-0.2, 0) is 12.6 Å². The van der Waals surface area contributed by atoms with E-state index in [2.05, 4.69) is 4.98 Å². The maximum atomic E-state index is 13.7. The minimum atomic E-state index is -4.53. The molecule has 7 heteroatoms. The Hall–Kier alpha value is -2.05. The van der Waals surface area contributed by atoms with Gasteiger partial charge in [-0.25, -0.2) is 4.39 Å². The first-order valence-corrected chi connectivity index (χ1v) is 8.57. The number of aromatic nitrogens is 1. The highest BCUT2D eigenvalue weighted by molar-refractivity contribution is 6.36. The summed E-state index contributed by atoms with van der Waals surface area (Å²) in [5.74, 6) is -0.462. The van der Waals surface area contributed by atoms with Gasteiger partial charge < -0.3 is 10.7 Å². The summed E-state index contributed by atoms with van der Waals surface area (Å²) in [6, 6.07) is 7.96. The van der Waals surface area contributed by atoms with Crippen molar-refractivity contribution in [2.75, 3.05) is 6.54 Å². The molecule has 26 heavy (non-hydrogen) atoms. The van der Waals surface area contributed by atoms with Crippen molar-refractivity contribution in [1.82, 2.24) is 4.98 Å². The van der Waals surface area contributed by atoms with Crippen LogP contribution >= 0.6 is 11.6 Å². The molecule has 0 saturated carbocycles. The van der Waals surface area contributed by atoms with Gasteiger partial charge >= 0.3 is 6.18 Å². The summed E-state index contributed by atoms with van der Waals surface area (Å²) in [6.45, 7) is 0.485. The summed E-state index contributed by atoms with van der Waals surface area (Å²) < 4.78 is 53.9. The Morgan fingerprint density at radius 3 is 2.50 bits per heavy atom. The van der Waals surface area contributed by atoms with Crippen molar-refractivity contribution in [2.45, 2.75) is 25.4 Å². The van der Waals surface area contributed by atoms with Crippen molar-refractivity contribution < 1.29 is 17.6 Å². The van der Waals surface area contributed by atoms with Gasteiger partial charge in [-0.15, -0.1) is 0 Å². The van der Waals surface area contributed by atoms with Gasteiger partial charge in [0.2, 0.25) is 0 Å². The summed E-state index contributed by atoms with van der Waals surface area (Å²) >= 11 is 6.24. The average Bonchev–Trinajstić information content (AvgIpc) is 2.94. The number of unbranched alkanes of at least 4 members (excludes halogenated alkanes) is 1. The van der Waals surface area contributed by atoms with Gasteiger partial charge in [0.15, 0.2) is 0 Å². The molecule has 2 aromatic carbocycles. The maximum absolute atomic E-state index is 13.7. The van der Waals surface area contributed by atoms with E-state index in [9.17, 15) is 17.6 Å². The van der Waals surface area contributed by atoms with Crippen LogP contribution in [0.15, 0.2) is 36.4 Å². The topological polar surface area (TPSA) is 41.8 Å². The number of halogens is 5. The molecule has 0 aliphatic heterocycles. The smallest absolute Gasteiger partial charge is 0.354 e. The predicted molar refractivity (Wildman–Crippen MR) is 95.7 cm³/mol. The van der Waals surface area contributed by atoms with Gasteiger partial charge in [-0.05, 0) is 55.6 Å². The second kappa shape index (κ2) is 7.29. The molecule has 0 bridgehead atoms. The number of aryl methyl sites for hydroxylation is 1. The van der Waals surface area contributed by atoms with Crippen LogP contribution in [0.5, 0.6) is 0 Å². The summed E-state index contributed by atoms with van der Waals surface area (Å²) in [4.78, 5) is 2.85. The number of nitrogens with two attached hydrogens (primary N) is 1. The quantitative estimate of drug-likeness (QED) is 0.415. The Morgan fingerprint density at radius 2 is 1.85 bits per heavy atom. The molecule has 0 saturated heterocycles. The van der Waals surface area contributed by atoms with Crippen LogP contribution < -0.4 is 5.73 Å². The third-order valence-corrected chi connectivity index (χ3v) is 4.62. The van der Waals surface area contributed by atoms with Gasteiger partial charge in [0.05, 0.1) is 16.1 Å². The number of benzene rings is 2. The number of alkyl halides is 3. The van der Waals surface area contributed by atoms with Gasteiger partial charge in [0.25, 0.3) is 0 Å². The Bertz CT molecular complexity index is 931. The fourth-order valence-electron chi connectivity index (χ4n) is 3.15. The lowest BCUT2D eigenvalue weighted by Crippen LogP contribution is -2.05. The van der Waals surface area contributed by atoms with Crippen LogP contribution in [0.2, 0.25) is 5.02 Å². The van der Waals surface area contributed by atoms with Gasteiger partial charge in [-0.3, -0.25) is 0 Å². The Labute approximate surface area is 153 Å². The summed E-state index contributed by atoms with van der Waals surface area (Å²) in [7, 11) is 0. The number of aromatic amines is 1. The molecule has 0 spiro atoms. The van der Waals surface area contributed by atoms with E-state index in [1.165, 1.54) is 24.3 Å². The molecule has 0 aliphatic carbocycles. The molecule has 0 unspecified atom stereocenters. The fraction of sp³-hybridized carbons (Fsp3) is 0.263. The number of rotatable bonds is 5. The van der Waals surface area contributed by atoms with E-state index in [0.29, 0.717) is 41.6 Å². The molecular weight excluding hydrogens is 368 g/mol. The fourth-order valence-corrected chi connectivity index (χ4v) is 3.42. The maximum Gasteiger partial charge on any atom is 0.418 e. The van der Waals surface area contributed by atoms with Crippen LogP contribution in [0.25, 0.3) is 22.2 Å². The lowest BCUT2D eigenvalue weighted by molar-refractivity contribution is -0.136. The molecule has 0 amide bonds. The minimum absolute atomic E-state index is 0.0768. The molecule has 3 aromatic rings. The zero-order chi connectivity index (χ0) is 18.9. The first kappa shape index (κ1) is 18.7. The first-order valence-electron chi connectivity index (χ1n) is 8.19. The van der Waals surface area contributed by atoms with Crippen molar-refractivity contribution in [3.8, 4) is 11.3 Å². The Morgan fingerprint density at radius 1 is 1.08 bits per heavy atom. The minimum Gasteiger partial charge on any atom is -0.354 e. The molecule has 0 atom stereocenters. The number of hydrogen-bond acceptors (Lipinski definition) is 1. The second-order valence-corrected chi connectivity index (χ2v) is 6.48. The van der Waals surface area contributed by atoms with Crippen molar-refractivity contribution in [3.63, 3.8) is 0 Å². The number of hydrogen-bond donors (Lipinski definition) is 2. The average molecular weight is 385 g/mol. The van der Waals surface area contributed by atoms with Crippen LogP contribution in [0.1, 0.15) is 24.0 Å². The normalized spacial score (nSPS) is 12.1. The summed E-state index contributed by atoms with van der Waals surface area (Å²) in [6.07, 6.45) is -2.62. The summed E-state index contributed by atoms with van der Waals surface area (Å²) in [5, 5.41) is 0.562. The molecule has 0 radical (unpaired) electrons. The monoisotopic (exact) mass is 384 g/mol. The van der Waals surface area contributed by atoms with E-state index in [1.807, 2.05) is 0 Å². The molecule has 1 heterocycles. The lowest BCUT2D eigenvalue weighted by atomic mass is 9.99. The van der Waals surface area contributed by atoms with Gasteiger partial charge in [0.1, 0.15) is 5.82 Å². The van der Waals surface area contributed by atoms with E-state index < -0.39 is 17.6 Å². The van der Waals surface area contributed by atoms with Gasteiger partial charge in [-0.2, -0.15) is 13.2 Å². The standard InChI is InChI=1S/C19H17ClF4N2/c20-15-8-7-14(19(22,23)24)18-16(15)13(6-1-2-9-25)17(26-18)11-4-3-5-12(21)10-11/h3-5,7-8,10,26H,1-2,6,9,25H2. The van der Waals surface area contributed by atoms with Gasteiger partial charge in [0, 0.05) is 16.6 Å². The summed E-state index contributed by atoms with van der Waals surface area (Å²) in [5.41, 5.74) is 6.24. The van der Waals surface area contributed by atoms with E-state index in [1.54, 1.807) is 6.07 Å². The molecule has 2 nitrogen and oxygen atoms in total. The van der Waals surface area contributed by atoms with E-state index in [4.69, 9.17) is 17.3 Å². The van der Waals surface area contributed by atoms with Gasteiger partial charge in [-0.1, -0.05) is 23.7 Å². The van der Waals surface area contributed by atoms with Crippen LogP contribution in [0.3, 0.4) is 0 Å². The predicted octanol–water partition coefficient (Wildman–Crippen LogP) is 5.93. The molecule has 0 fully saturated rings. The molecule has 3 N–H and O–H groups in total. The van der Waals surface area contributed by atoms with Crippen molar-refractivity contribution in [2.24, 2.45) is 5.73 Å². The number of fused-ring (bicyclic) bond motifs is 1. The van der Waals surface area contributed by atoms with E-state index in [-0.39, 0.29) is 10.5 Å². The molecule has 3 rings (SSSR count). The molecular formula is C19H17ClF4N2. The molecule has 1 aromatic heterocycles. The highest BCUT2D eigenvalue weighted by Gasteiger charge is 2.34. The van der Waals surface area contributed by atoms with Crippen molar-refractivity contribution >= 4 is 22.5 Å². The zero-order valence-corrected chi connectivity index (χ0v) is 14.5. The SMILES string of the molecule is NCCCCc1c(-c2cccc(F)c2)[nH]c2c(C(F)(F)F)ccc(Cl)c12. The highest BCUT2D eigenvalue weighted by atomic mass is 35.5. The van der Waals surface area contributed by atoms with Crippen LogP contribution in [0.4, 0.5) is 17.6 Å². The first-order chi connectivity index (χ1) is 12.3. The second-order valence-electron chi connectivity index (χ2n) is 6.08. The lowest BCUT2D eigenvalue weighted by Gasteiger charge is -2.09. The number of nitrogens with one attached hydrogen (secondary N) is 1. The Kier molecular flexibility index (Phi) is 5.25. The molecule has 0 aliphatic rings. The van der Waals surface area contributed by atoms with Crippen molar-refractivity contribution in [3.05, 3.63) is 58.4 Å². The largest absolute Gasteiger partial charge is 0.418 e. The zero-order valence-electron chi connectivity index (χ0n) is 13.8. The third kappa shape index (κ3) is 3.57. The van der Waals surface area contributed by atoms with Crippen LogP contribution in [-0.4, -0.2) is 11.5 Å². The van der Waals surface area contributed by atoms with Crippen LogP contribution in [0, 0.1) is 5.82 Å². The van der Waals surface area contributed by atoms with E-state index in [0.717, 1.165) is 12.5 Å². The highest BCUT2D eigenvalue weighted by Crippen LogP contribution is 2.42. The van der Waals surface area contributed by atoms with E-state index >= 15 is 0 Å². The molecule has 138 valence electrons.